The van der Waals surface area contributed by atoms with Crippen LogP contribution in [0, 0.1) is 10.2 Å². The molecule has 0 aliphatic rings. The number of phenolic OH excluding ortho intramolecular Hbond substituents is 2. The zero-order valence-electron chi connectivity index (χ0n) is 15.7. The number of aromatic hydroxyl groups is 2. The number of benzene rings is 3. The molecule has 9 nitrogen and oxygen atoms in total. The summed E-state index contributed by atoms with van der Waals surface area (Å²) in [5.74, 6) is 0.355. The van der Waals surface area contributed by atoms with Gasteiger partial charge in [-0.05, 0) is 36.4 Å². The average Bonchev–Trinajstić information content (AvgIpc) is 2.73. The second-order valence-corrected chi connectivity index (χ2v) is 6.26. The zero-order valence-corrected chi connectivity index (χ0v) is 17.7. The molecule has 0 aliphatic carbocycles. The molecule has 0 saturated heterocycles. The van der Waals surface area contributed by atoms with E-state index in [0.29, 0.717) is 22.5 Å². The van der Waals surface area contributed by atoms with Crippen molar-refractivity contribution in [2.24, 2.45) is 9.98 Å². The summed E-state index contributed by atoms with van der Waals surface area (Å²) in [6.07, 6.45) is 3.20. The molecule has 0 bridgehead atoms. The second kappa shape index (κ2) is 13.4. The third-order valence-electron chi connectivity index (χ3n) is 3.44. The standard InChI is InChI=1S/C20H16N2O2.ClHO4.Cr.O/c23-19-11-5-1-7-15(19)13-21-17-9-3-4-10-18(17)22-14-16-8-2-6-12-20(16)24;2-1(3,4)5;;/h1-14,23-24H;(H,2,3,4,5);;/p-1. The van der Waals surface area contributed by atoms with Crippen LogP contribution in [0.1, 0.15) is 11.1 Å². The van der Waals surface area contributed by atoms with Gasteiger partial charge in [0.1, 0.15) is 11.5 Å². The molecule has 0 heterocycles. The maximum absolute atomic E-state index is 9.79. The normalized spacial score (nSPS) is 10.8. The van der Waals surface area contributed by atoms with Gasteiger partial charge in [-0.25, -0.2) is 18.6 Å². The first-order valence-corrected chi connectivity index (χ1v) is 10.0. The summed E-state index contributed by atoms with van der Waals surface area (Å²) >= 11 is 1.38. The Labute approximate surface area is 188 Å². The molecule has 0 radical (unpaired) electrons. The fraction of sp³-hybridized carbons (Fsp3) is 0. The van der Waals surface area contributed by atoms with Crippen molar-refractivity contribution in [1.29, 1.82) is 0 Å². The van der Waals surface area contributed by atoms with Gasteiger partial charge in [-0.1, -0.05) is 36.4 Å². The molecule has 2 N–H and O–H groups in total. The van der Waals surface area contributed by atoms with Crippen LogP contribution in [0.3, 0.4) is 0 Å². The van der Waals surface area contributed by atoms with E-state index in [4.69, 9.17) is 22.4 Å². The minimum atomic E-state index is -4.94. The number of halogens is 1. The molecule has 0 spiro atoms. The van der Waals surface area contributed by atoms with Crippen LogP contribution >= 0.6 is 0 Å². The third-order valence-corrected chi connectivity index (χ3v) is 3.44. The van der Waals surface area contributed by atoms with Gasteiger partial charge in [0.15, 0.2) is 0 Å². The van der Waals surface area contributed by atoms with Crippen LogP contribution in [0.25, 0.3) is 0 Å². The van der Waals surface area contributed by atoms with E-state index in [9.17, 15) is 10.2 Å². The van der Waals surface area contributed by atoms with Crippen LogP contribution < -0.4 is 18.6 Å². The SMILES string of the molecule is Oc1ccccc1C=Nc1ccccc1N=Cc1ccccc1O.[O-][Cl+3]([O-])([O-])[O-].[O]=[Cr]. The molecule has 3 rings (SSSR count). The molecule has 3 aromatic carbocycles. The van der Waals surface area contributed by atoms with Gasteiger partial charge in [0, 0.05) is 23.6 Å². The third kappa shape index (κ3) is 10.6. The van der Waals surface area contributed by atoms with E-state index >= 15 is 0 Å². The predicted molar refractivity (Wildman–Crippen MR) is 97.9 cm³/mol. The maximum atomic E-state index is 9.79. The Hall–Kier alpha value is -2.94. The molecule has 11 heteroatoms. The van der Waals surface area contributed by atoms with Crippen molar-refractivity contribution in [3.8, 4) is 11.5 Å². The Balaban J connectivity index is 0.000000605. The summed E-state index contributed by atoms with van der Waals surface area (Å²) in [6.45, 7) is 0. The quantitative estimate of drug-likeness (QED) is 0.480. The average molecular weight is 484 g/mol. The molecule has 0 aliphatic heterocycles. The van der Waals surface area contributed by atoms with E-state index < -0.39 is 10.2 Å². The summed E-state index contributed by atoms with van der Waals surface area (Å²) in [6, 6.07) is 21.4. The van der Waals surface area contributed by atoms with Gasteiger partial charge >= 0.3 is 20.0 Å². The van der Waals surface area contributed by atoms with E-state index in [0.717, 1.165) is 0 Å². The molecule has 0 fully saturated rings. The molecular formula is C20H16ClCrN2O7-. The van der Waals surface area contributed by atoms with E-state index in [1.165, 1.54) is 16.2 Å². The van der Waals surface area contributed by atoms with Gasteiger partial charge in [0.25, 0.3) is 0 Å². The van der Waals surface area contributed by atoms with Crippen molar-refractivity contribution >= 4 is 23.8 Å². The molecule has 0 atom stereocenters. The minimum absolute atomic E-state index is 0.177. The van der Waals surface area contributed by atoms with E-state index in [-0.39, 0.29) is 11.5 Å². The van der Waals surface area contributed by atoms with Crippen LogP contribution in [-0.2, 0) is 20.0 Å². The number of rotatable bonds is 4. The summed E-state index contributed by atoms with van der Waals surface area (Å²) < 4.78 is 42.1. The first kappa shape index (κ1) is 26.1. The second-order valence-electron chi connectivity index (χ2n) is 5.50. The van der Waals surface area contributed by atoms with Crippen molar-refractivity contribution in [1.82, 2.24) is 0 Å². The van der Waals surface area contributed by atoms with E-state index in [1.807, 2.05) is 36.4 Å². The molecule has 31 heavy (non-hydrogen) atoms. The number of nitrogens with zero attached hydrogens (tertiary/aromatic N) is 2. The molecule has 0 saturated carbocycles. The van der Waals surface area contributed by atoms with Crippen LogP contribution in [0.4, 0.5) is 11.4 Å². The molecule has 0 amide bonds. The molecule has 3 aromatic rings. The summed E-state index contributed by atoms with van der Waals surface area (Å²) in [4.78, 5) is 8.82. The molecular weight excluding hydrogens is 468 g/mol. The van der Waals surface area contributed by atoms with E-state index in [2.05, 4.69) is 9.98 Å². The molecule has 0 unspecified atom stereocenters. The van der Waals surface area contributed by atoms with Gasteiger partial charge in [0.2, 0.25) is 0 Å². The van der Waals surface area contributed by atoms with Crippen LogP contribution in [-0.4, -0.2) is 22.6 Å². The first-order chi connectivity index (χ1) is 14.7. The van der Waals surface area contributed by atoms with Gasteiger partial charge in [-0.2, -0.15) is 0 Å². The van der Waals surface area contributed by atoms with Crippen molar-refractivity contribution in [2.45, 2.75) is 0 Å². The Morgan fingerprint density at radius 3 is 1.26 bits per heavy atom. The Bertz CT molecular complexity index is 946. The Kier molecular flexibility index (Phi) is 11.3. The van der Waals surface area contributed by atoms with Gasteiger partial charge in [-0.3, -0.25) is 9.98 Å². The van der Waals surface area contributed by atoms with Gasteiger partial charge in [0.05, 0.1) is 11.4 Å². The van der Waals surface area contributed by atoms with Crippen molar-refractivity contribution in [3.05, 3.63) is 83.9 Å². The first-order valence-electron chi connectivity index (χ1n) is 8.25. The number of aliphatic imine (C=N–C) groups is 2. The van der Waals surface area contributed by atoms with Crippen molar-refractivity contribution < 1.29 is 59.1 Å². The van der Waals surface area contributed by atoms with E-state index in [1.54, 1.807) is 48.8 Å². The van der Waals surface area contributed by atoms with Crippen LogP contribution in [0.2, 0.25) is 0 Å². The zero-order chi connectivity index (χ0) is 23.3. The van der Waals surface area contributed by atoms with Crippen molar-refractivity contribution in [3.63, 3.8) is 0 Å². The Morgan fingerprint density at radius 2 is 0.935 bits per heavy atom. The van der Waals surface area contributed by atoms with Crippen molar-refractivity contribution in [2.75, 3.05) is 0 Å². The van der Waals surface area contributed by atoms with Gasteiger partial charge < -0.3 is 10.2 Å². The monoisotopic (exact) mass is 483 g/mol. The molecule has 0 aromatic heterocycles. The predicted octanol–water partition coefficient (Wildman–Crippen LogP) is -0.278. The fourth-order valence-electron chi connectivity index (χ4n) is 2.15. The number of hydrogen-bond acceptors (Lipinski definition) is 9. The summed E-state index contributed by atoms with van der Waals surface area (Å²) in [5.41, 5.74) is 2.62. The summed E-state index contributed by atoms with van der Waals surface area (Å²) in [7, 11) is -4.94. The molecule has 162 valence electrons. The van der Waals surface area contributed by atoms with Crippen LogP contribution in [0.15, 0.2) is 82.8 Å². The number of phenols is 2. The number of para-hydroxylation sites is 4. The van der Waals surface area contributed by atoms with Crippen LogP contribution in [0.5, 0.6) is 11.5 Å². The number of hydrogen-bond donors (Lipinski definition) is 2. The van der Waals surface area contributed by atoms with Gasteiger partial charge in [-0.15, -0.1) is 10.2 Å². The Morgan fingerprint density at radius 1 is 0.645 bits per heavy atom. The summed E-state index contributed by atoms with van der Waals surface area (Å²) in [5, 5.41) is 19.6. The fourth-order valence-corrected chi connectivity index (χ4v) is 2.15. The topological polar surface area (TPSA) is 174 Å².